The molecule has 0 radical (unpaired) electrons. The normalized spacial score (nSPS) is 20.9. The molecule has 1 saturated heterocycles. The van der Waals surface area contributed by atoms with Gasteiger partial charge in [-0.15, -0.1) is 5.10 Å². The smallest absolute Gasteiger partial charge is 0.252 e. The first-order chi connectivity index (χ1) is 13.6. The zero-order valence-corrected chi connectivity index (χ0v) is 15.8. The molecule has 2 aromatic heterocycles. The summed E-state index contributed by atoms with van der Waals surface area (Å²) < 4.78 is 19.3. The standard InChI is InChI=1S/C19H23N5O4/c1-20-18(25)12-6-15(28-13-2-3-13)17(21-7-12)14-8-24(23-22-14)9-16-26-10-19(4-5-19)11-27-16/h6-8,13,16H,2-5,9-11H2,1H3,(H,20,25). The molecule has 28 heavy (non-hydrogen) atoms. The van der Waals surface area contributed by atoms with E-state index in [-0.39, 0.29) is 23.7 Å². The van der Waals surface area contributed by atoms with Crippen LogP contribution in [-0.4, -0.2) is 58.5 Å². The Hall–Kier alpha value is -2.52. The maximum atomic E-state index is 11.9. The minimum absolute atomic E-state index is 0.175. The van der Waals surface area contributed by atoms with E-state index in [2.05, 4.69) is 20.6 Å². The predicted molar refractivity (Wildman–Crippen MR) is 97.7 cm³/mol. The Morgan fingerprint density at radius 2 is 2.14 bits per heavy atom. The Kier molecular flexibility index (Phi) is 4.28. The van der Waals surface area contributed by atoms with Crippen molar-refractivity contribution < 1.29 is 19.0 Å². The zero-order valence-electron chi connectivity index (χ0n) is 15.8. The van der Waals surface area contributed by atoms with Crippen LogP contribution in [-0.2, 0) is 16.0 Å². The molecule has 9 heteroatoms. The van der Waals surface area contributed by atoms with Crippen LogP contribution < -0.4 is 10.1 Å². The van der Waals surface area contributed by atoms with E-state index in [1.165, 1.54) is 19.0 Å². The zero-order chi connectivity index (χ0) is 19.1. The van der Waals surface area contributed by atoms with Crippen molar-refractivity contribution in [3.63, 3.8) is 0 Å². The van der Waals surface area contributed by atoms with Crippen molar-refractivity contribution in [3.05, 3.63) is 24.0 Å². The predicted octanol–water partition coefficient (Wildman–Crippen LogP) is 1.39. The van der Waals surface area contributed by atoms with Gasteiger partial charge in [-0.05, 0) is 31.7 Å². The van der Waals surface area contributed by atoms with Crippen LogP contribution in [0.1, 0.15) is 36.0 Å². The molecule has 0 unspecified atom stereocenters. The van der Waals surface area contributed by atoms with Crippen LogP contribution in [0.3, 0.4) is 0 Å². The minimum atomic E-state index is -0.313. The summed E-state index contributed by atoms with van der Waals surface area (Å²) >= 11 is 0. The molecule has 0 aromatic carbocycles. The number of hydrogen-bond acceptors (Lipinski definition) is 7. The summed E-state index contributed by atoms with van der Waals surface area (Å²) in [4.78, 5) is 16.3. The molecule has 2 aliphatic carbocycles. The van der Waals surface area contributed by atoms with E-state index in [0.29, 0.717) is 29.2 Å². The lowest BCUT2D eigenvalue weighted by atomic mass is 10.1. The van der Waals surface area contributed by atoms with Crippen molar-refractivity contribution >= 4 is 5.91 Å². The molecule has 1 spiro atoms. The van der Waals surface area contributed by atoms with Gasteiger partial charge in [0.25, 0.3) is 5.91 Å². The molecule has 2 saturated carbocycles. The van der Waals surface area contributed by atoms with E-state index in [1.807, 2.05) is 0 Å². The van der Waals surface area contributed by atoms with E-state index < -0.39 is 0 Å². The van der Waals surface area contributed by atoms with Crippen molar-refractivity contribution in [2.75, 3.05) is 20.3 Å². The van der Waals surface area contributed by atoms with Gasteiger partial charge in [0.1, 0.15) is 17.1 Å². The number of ether oxygens (including phenoxy) is 3. The molecule has 0 atom stereocenters. The number of nitrogens with zero attached hydrogens (tertiary/aromatic N) is 4. The largest absolute Gasteiger partial charge is 0.488 e. The van der Waals surface area contributed by atoms with Crippen LogP contribution in [0.4, 0.5) is 0 Å². The van der Waals surface area contributed by atoms with Crippen LogP contribution in [0.25, 0.3) is 11.4 Å². The van der Waals surface area contributed by atoms with Crippen molar-refractivity contribution in [3.8, 4) is 17.1 Å². The first-order valence-corrected chi connectivity index (χ1v) is 9.67. The van der Waals surface area contributed by atoms with Gasteiger partial charge in [-0.1, -0.05) is 5.21 Å². The van der Waals surface area contributed by atoms with Crippen molar-refractivity contribution in [2.24, 2.45) is 5.41 Å². The number of nitrogens with one attached hydrogen (secondary N) is 1. The number of pyridine rings is 1. The van der Waals surface area contributed by atoms with E-state index in [0.717, 1.165) is 26.1 Å². The summed E-state index contributed by atoms with van der Waals surface area (Å²) in [6.45, 7) is 1.97. The monoisotopic (exact) mass is 385 g/mol. The van der Waals surface area contributed by atoms with Crippen LogP contribution in [0, 0.1) is 5.41 Å². The highest BCUT2D eigenvalue weighted by molar-refractivity contribution is 5.94. The van der Waals surface area contributed by atoms with Crippen LogP contribution >= 0.6 is 0 Å². The first-order valence-electron chi connectivity index (χ1n) is 9.67. The molecule has 5 rings (SSSR count). The van der Waals surface area contributed by atoms with Gasteiger partial charge >= 0.3 is 0 Å². The summed E-state index contributed by atoms with van der Waals surface area (Å²) in [6.07, 6.45) is 7.58. The van der Waals surface area contributed by atoms with Gasteiger partial charge in [0.15, 0.2) is 6.29 Å². The molecule has 2 aromatic rings. The van der Waals surface area contributed by atoms with Gasteiger partial charge in [0.2, 0.25) is 0 Å². The first kappa shape index (κ1) is 17.6. The van der Waals surface area contributed by atoms with Gasteiger partial charge in [0, 0.05) is 18.7 Å². The number of carbonyl (C=O) groups is 1. The molecule has 9 nitrogen and oxygen atoms in total. The fourth-order valence-corrected chi connectivity index (χ4v) is 3.21. The van der Waals surface area contributed by atoms with E-state index in [1.54, 1.807) is 24.0 Å². The third kappa shape index (κ3) is 3.59. The molecular formula is C19H23N5O4. The quantitative estimate of drug-likeness (QED) is 0.802. The molecule has 1 aliphatic heterocycles. The Balaban J connectivity index is 1.33. The van der Waals surface area contributed by atoms with E-state index >= 15 is 0 Å². The SMILES string of the molecule is CNC(=O)c1cnc(-c2cn(CC3OCC4(CC4)CO3)nn2)c(OC2CC2)c1. The van der Waals surface area contributed by atoms with Crippen LogP contribution in [0.5, 0.6) is 5.75 Å². The Bertz CT molecular complexity index is 880. The third-order valence-electron chi connectivity index (χ3n) is 5.39. The highest BCUT2D eigenvalue weighted by atomic mass is 16.7. The topological polar surface area (TPSA) is 100 Å². The average molecular weight is 385 g/mol. The van der Waals surface area contributed by atoms with Crippen LogP contribution in [0.15, 0.2) is 18.5 Å². The number of hydrogen-bond donors (Lipinski definition) is 1. The number of carbonyl (C=O) groups excluding carboxylic acids is 1. The van der Waals surface area contributed by atoms with Crippen LogP contribution in [0.2, 0.25) is 0 Å². The maximum absolute atomic E-state index is 11.9. The van der Waals surface area contributed by atoms with Gasteiger partial charge < -0.3 is 19.5 Å². The molecule has 0 bridgehead atoms. The molecule has 1 amide bonds. The van der Waals surface area contributed by atoms with E-state index in [9.17, 15) is 4.79 Å². The molecule has 1 N–H and O–H groups in total. The second-order valence-electron chi connectivity index (χ2n) is 7.84. The average Bonchev–Trinajstić information content (AvgIpc) is 3.64. The summed E-state index contributed by atoms with van der Waals surface area (Å²) in [5.41, 5.74) is 1.89. The van der Waals surface area contributed by atoms with Gasteiger partial charge in [-0.3, -0.25) is 4.79 Å². The second-order valence-corrected chi connectivity index (χ2v) is 7.84. The Labute approximate surface area is 162 Å². The third-order valence-corrected chi connectivity index (χ3v) is 5.39. The molecular weight excluding hydrogens is 362 g/mol. The lowest BCUT2D eigenvalue weighted by Crippen LogP contribution is -2.36. The maximum Gasteiger partial charge on any atom is 0.252 e. The van der Waals surface area contributed by atoms with Crippen molar-refractivity contribution in [2.45, 2.75) is 44.6 Å². The van der Waals surface area contributed by atoms with Crippen molar-refractivity contribution in [1.82, 2.24) is 25.3 Å². The summed E-state index contributed by atoms with van der Waals surface area (Å²) in [7, 11) is 1.59. The highest BCUT2D eigenvalue weighted by Crippen LogP contribution is 2.48. The second kappa shape index (κ2) is 6.82. The van der Waals surface area contributed by atoms with Gasteiger partial charge in [0.05, 0.1) is 37.6 Å². The molecule has 3 fully saturated rings. The summed E-state index contributed by atoms with van der Waals surface area (Å²) in [5.74, 6) is 0.347. The molecule has 3 aliphatic rings. The Morgan fingerprint density at radius 1 is 1.36 bits per heavy atom. The number of rotatable bonds is 6. The molecule has 3 heterocycles. The highest BCUT2D eigenvalue weighted by Gasteiger charge is 2.47. The lowest BCUT2D eigenvalue weighted by molar-refractivity contribution is -0.213. The number of amides is 1. The van der Waals surface area contributed by atoms with Gasteiger partial charge in [-0.25, -0.2) is 9.67 Å². The summed E-state index contributed by atoms with van der Waals surface area (Å²) in [5, 5.41) is 11.0. The Morgan fingerprint density at radius 3 is 2.82 bits per heavy atom. The lowest BCUT2D eigenvalue weighted by Gasteiger charge is -2.29. The minimum Gasteiger partial charge on any atom is -0.488 e. The number of aromatic nitrogens is 4. The molecule has 148 valence electrons. The van der Waals surface area contributed by atoms with E-state index in [4.69, 9.17) is 14.2 Å². The fourth-order valence-electron chi connectivity index (χ4n) is 3.21. The van der Waals surface area contributed by atoms with Crippen molar-refractivity contribution in [1.29, 1.82) is 0 Å². The fraction of sp³-hybridized carbons (Fsp3) is 0.579. The van der Waals surface area contributed by atoms with Gasteiger partial charge in [-0.2, -0.15) is 0 Å². The summed E-state index contributed by atoms with van der Waals surface area (Å²) in [6, 6.07) is 1.71.